The fraction of sp³-hybridized carbons (Fsp3) is 0.192. The monoisotopic (exact) mass is 454 g/mol. The van der Waals surface area contributed by atoms with Crippen molar-refractivity contribution in [2.75, 3.05) is 0 Å². The Morgan fingerprint density at radius 1 is 1.09 bits per heavy atom. The van der Waals surface area contributed by atoms with Crippen molar-refractivity contribution in [1.29, 1.82) is 0 Å². The first-order chi connectivity index (χ1) is 15.8. The van der Waals surface area contributed by atoms with Crippen LogP contribution in [0.3, 0.4) is 0 Å². The van der Waals surface area contributed by atoms with Crippen molar-refractivity contribution in [2.24, 2.45) is 4.99 Å². The predicted molar refractivity (Wildman–Crippen MR) is 130 cm³/mol. The van der Waals surface area contributed by atoms with E-state index in [2.05, 4.69) is 41.1 Å². The van der Waals surface area contributed by atoms with Crippen LogP contribution < -0.4 is 0 Å². The number of rotatable bonds is 2. The van der Waals surface area contributed by atoms with Gasteiger partial charge in [0.05, 0.1) is 29.3 Å². The van der Waals surface area contributed by atoms with Gasteiger partial charge in [-0.05, 0) is 37.3 Å². The molecule has 164 valence electrons. The molecule has 0 bridgehead atoms. The molecule has 0 unspecified atom stereocenters. The van der Waals surface area contributed by atoms with E-state index in [1.807, 2.05) is 35.8 Å². The number of aliphatic imine (C=N–C) groups is 1. The van der Waals surface area contributed by atoms with Gasteiger partial charge in [-0.2, -0.15) is 0 Å². The first kappa shape index (κ1) is 21.1. The smallest absolute Gasteiger partial charge is 0.181 e. The van der Waals surface area contributed by atoms with Crippen molar-refractivity contribution >= 4 is 13.8 Å². The lowest BCUT2D eigenvalue weighted by atomic mass is 9.98. The molecule has 5 nitrogen and oxygen atoms in total. The molecule has 0 aliphatic carbocycles. The lowest BCUT2D eigenvalue weighted by Gasteiger charge is -2.13. The average Bonchev–Trinajstić information content (AvgIpc) is 3.44. The molecule has 1 aliphatic rings. The molecule has 7 heteroatoms. The van der Waals surface area contributed by atoms with E-state index in [1.54, 1.807) is 24.7 Å². The van der Waals surface area contributed by atoms with E-state index in [1.165, 1.54) is 12.5 Å². The maximum Gasteiger partial charge on any atom is 0.181 e. The number of benzene rings is 2. The molecule has 2 aromatic heterocycles. The second kappa shape index (κ2) is 7.98. The van der Waals surface area contributed by atoms with Crippen LogP contribution in [0.1, 0.15) is 35.3 Å². The first-order valence-corrected chi connectivity index (χ1v) is 14.3. The van der Waals surface area contributed by atoms with Gasteiger partial charge in [-0.15, -0.1) is 5.54 Å². The van der Waals surface area contributed by atoms with Crippen LogP contribution in [0.25, 0.3) is 17.1 Å². The molecule has 0 spiro atoms. The summed E-state index contributed by atoms with van der Waals surface area (Å²) in [6, 6.07) is 12.4. The second-order valence-corrected chi connectivity index (χ2v) is 13.8. The lowest BCUT2D eigenvalue weighted by molar-refractivity contribution is 0.568. The molecule has 0 N–H and O–H groups in total. The van der Waals surface area contributed by atoms with Crippen LogP contribution in [0.4, 0.5) is 4.39 Å². The summed E-state index contributed by atoms with van der Waals surface area (Å²) < 4.78 is 22.5. The predicted octanol–water partition coefficient (Wildman–Crippen LogP) is 5.81. The maximum atomic E-state index is 14.9. The Morgan fingerprint density at radius 3 is 2.64 bits per heavy atom. The molecule has 0 saturated heterocycles. The quantitative estimate of drug-likeness (QED) is 0.284. The highest BCUT2D eigenvalue weighted by Gasteiger charge is 2.28. The SMILES string of the molecule is C[C@H]1N=C(c2ccccc2F)c2cc(C#C[Si](C)(C)C)ccc2-n2cnc(-c3cnco3)c21. The van der Waals surface area contributed by atoms with Gasteiger partial charge < -0.3 is 4.42 Å². The Bertz CT molecular complexity index is 1440. The third-order valence-corrected chi connectivity index (χ3v) is 6.29. The van der Waals surface area contributed by atoms with Crippen LogP contribution in [0.5, 0.6) is 0 Å². The largest absolute Gasteiger partial charge is 0.442 e. The van der Waals surface area contributed by atoms with Crippen molar-refractivity contribution in [3.05, 3.63) is 89.6 Å². The van der Waals surface area contributed by atoms with E-state index in [-0.39, 0.29) is 11.9 Å². The summed E-state index contributed by atoms with van der Waals surface area (Å²) in [4.78, 5) is 13.6. The molecule has 0 fully saturated rings. The topological polar surface area (TPSA) is 56.2 Å². The maximum absolute atomic E-state index is 14.9. The Hall–Kier alpha value is -3.76. The normalized spacial score (nSPS) is 15.1. The molecule has 4 aromatic rings. The molecular formula is C26H23FN4OSi. The van der Waals surface area contributed by atoms with Gasteiger partial charge in [0.2, 0.25) is 0 Å². The van der Waals surface area contributed by atoms with Crippen molar-refractivity contribution < 1.29 is 8.81 Å². The number of imidazole rings is 1. The second-order valence-electron chi connectivity index (χ2n) is 9.08. The third-order valence-electron chi connectivity index (χ3n) is 5.41. The number of oxazole rings is 1. The fourth-order valence-corrected chi connectivity index (χ4v) is 4.46. The average molecular weight is 455 g/mol. The van der Waals surface area contributed by atoms with E-state index in [0.29, 0.717) is 22.7 Å². The van der Waals surface area contributed by atoms with Gasteiger partial charge in [-0.3, -0.25) is 9.56 Å². The van der Waals surface area contributed by atoms with Crippen LogP contribution in [0.15, 0.2) is 70.8 Å². The van der Waals surface area contributed by atoms with E-state index in [4.69, 9.17) is 9.41 Å². The summed E-state index contributed by atoms with van der Waals surface area (Å²) >= 11 is 0. The van der Waals surface area contributed by atoms with Crippen molar-refractivity contribution in [2.45, 2.75) is 32.6 Å². The van der Waals surface area contributed by atoms with Crippen LogP contribution in [0.2, 0.25) is 19.6 Å². The molecule has 3 heterocycles. The standard InChI is InChI=1S/C26H23FN4OSi/c1-17-26-25(23-14-28-16-32-23)29-15-31(26)22-10-9-18(11-12-33(2,3)4)13-20(22)24(30-17)19-7-5-6-8-21(19)27/h5-10,13-17H,1-4H3/t17-/m1/s1. The van der Waals surface area contributed by atoms with Crippen molar-refractivity contribution in [3.8, 4) is 28.6 Å². The number of hydrogen-bond donors (Lipinski definition) is 0. The Morgan fingerprint density at radius 2 is 1.91 bits per heavy atom. The van der Waals surface area contributed by atoms with Crippen molar-refractivity contribution in [3.63, 3.8) is 0 Å². The molecular weight excluding hydrogens is 431 g/mol. The Balaban J connectivity index is 1.78. The minimum Gasteiger partial charge on any atom is -0.442 e. The van der Waals surface area contributed by atoms with Gasteiger partial charge in [0, 0.05) is 16.7 Å². The Kier molecular flexibility index (Phi) is 5.10. The van der Waals surface area contributed by atoms with Crippen LogP contribution in [-0.2, 0) is 0 Å². The zero-order valence-electron chi connectivity index (χ0n) is 18.9. The highest BCUT2D eigenvalue weighted by Crippen LogP contribution is 2.36. The summed E-state index contributed by atoms with van der Waals surface area (Å²) in [6.07, 6.45) is 4.78. The minimum atomic E-state index is -1.55. The minimum absolute atomic E-state index is 0.300. The van der Waals surface area contributed by atoms with E-state index in [9.17, 15) is 4.39 Å². The fourth-order valence-electron chi connectivity index (χ4n) is 3.94. The summed E-state index contributed by atoms with van der Waals surface area (Å²) in [6.45, 7) is 8.60. The zero-order chi connectivity index (χ0) is 23.2. The number of aromatic nitrogens is 3. The van der Waals surface area contributed by atoms with E-state index < -0.39 is 8.07 Å². The highest BCUT2D eigenvalue weighted by molar-refractivity contribution is 6.83. The van der Waals surface area contributed by atoms with Gasteiger partial charge in [-0.1, -0.05) is 37.7 Å². The van der Waals surface area contributed by atoms with E-state index in [0.717, 1.165) is 22.5 Å². The van der Waals surface area contributed by atoms with Gasteiger partial charge in [0.15, 0.2) is 12.2 Å². The van der Waals surface area contributed by atoms with Gasteiger partial charge >= 0.3 is 0 Å². The molecule has 0 amide bonds. The molecule has 5 rings (SSSR count). The number of hydrogen-bond acceptors (Lipinski definition) is 4. The van der Waals surface area contributed by atoms with E-state index >= 15 is 0 Å². The first-order valence-electron chi connectivity index (χ1n) is 10.8. The van der Waals surface area contributed by atoms with Gasteiger partial charge in [-0.25, -0.2) is 14.4 Å². The lowest BCUT2D eigenvalue weighted by Crippen LogP contribution is -2.16. The highest BCUT2D eigenvalue weighted by atomic mass is 28.3. The molecule has 1 atom stereocenters. The molecule has 2 aromatic carbocycles. The van der Waals surface area contributed by atoms with Crippen LogP contribution >= 0.6 is 0 Å². The molecule has 1 aliphatic heterocycles. The number of nitrogens with zero attached hydrogens (tertiary/aromatic N) is 4. The molecule has 0 saturated carbocycles. The number of halogens is 1. The molecule has 0 radical (unpaired) electrons. The summed E-state index contributed by atoms with van der Waals surface area (Å²) in [5.74, 6) is 3.58. The third kappa shape index (κ3) is 3.94. The van der Waals surface area contributed by atoms with Gasteiger partial charge in [0.1, 0.15) is 25.9 Å². The van der Waals surface area contributed by atoms with Crippen molar-refractivity contribution in [1.82, 2.24) is 14.5 Å². The van der Waals surface area contributed by atoms with Crippen LogP contribution in [0, 0.1) is 17.3 Å². The zero-order valence-corrected chi connectivity index (χ0v) is 19.9. The Labute approximate surface area is 193 Å². The molecule has 33 heavy (non-hydrogen) atoms. The van der Waals surface area contributed by atoms with Crippen LogP contribution in [-0.4, -0.2) is 28.3 Å². The summed E-state index contributed by atoms with van der Waals surface area (Å²) in [7, 11) is -1.55. The van der Waals surface area contributed by atoms with Gasteiger partial charge in [0.25, 0.3) is 0 Å². The summed E-state index contributed by atoms with van der Waals surface area (Å²) in [5.41, 5.74) is 8.57. The number of fused-ring (bicyclic) bond motifs is 3. The summed E-state index contributed by atoms with van der Waals surface area (Å²) in [5, 5.41) is 0.